The highest BCUT2D eigenvalue weighted by molar-refractivity contribution is 7.98. The highest BCUT2D eigenvalue weighted by atomic mass is 32.2. The van der Waals surface area contributed by atoms with Crippen LogP contribution in [0, 0.1) is 5.92 Å². The van der Waals surface area contributed by atoms with E-state index in [9.17, 15) is 0 Å². The lowest BCUT2D eigenvalue weighted by molar-refractivity contribution is 0.0923. The van der Waals surface area contributed by atoms with E-state index in [0.29, 0.717) is 12.0 Å². The van der Waals surface area contributed by atoms with Crippen molar-refractivity contribution in [3.05, 3.63) is 65.2 Å². The third kappa shape index (κ3) is 4.33. The van der Waals surface area contributed by atoms with Crippen LogP contribution < -0.4 is 5.84 Å². The van der Waals surface area contributed by atoms with E-state index < -0.39 is 0 Å². The molecule has 140 valence electrons. The second kappa shape index (κ2) is 8.16. The third-order valence-corrected chi connectivity index (χ3v) is 6.40. The highest BCUT2D eigenvalue weighted by Crippen LogP contribution is 2.38. The third-order valence-electron chi connectivity index (χ3n) is 5.56. The van der Waals surface area contributed by atoms with Gasteiger partial charge in [0.05, 0.1) is 6.04 Å². The van der Waals surface area contributed by atoms with Gasteiger partial charge in [0.1, 0.15) is 0 Å². The zero-order valence-electron chi connectivity index (χ0n) is 16.5. The van der Waals surface area contributed by atoms with Crippen LogP contribution in [-0.2, 0) is 11.8 Å². The van der Waals surface area contributed by atoms with Crippen LogP contribution in [0.1, 0.15) is 56.3 Å². The van der Waals surface area contributed by atoms with Crippen molar-refractivity contribution >= 4 is 11.8 Å². The van der Waals surface area contributed by atoms with Crippen molar-refractivity contribution in [2.75, 3.05) is 12.8 Å². The van der Waals surface area contributed by atoms with Gasteiger partial charge in [-0.3, -0.25) is 5.84 Å². The number of rotatable bonds is 4. The van der Waals surface area contributed by atoms with E-state index in [0.717, 1.165) is 13.0 Å². The fraction of sp³-hybridized carbons (Fsp3) is 0.478. The SMILES string of the molecule is CSc1ccc(C(C)(C)C)cc1C[C@@H]1CCCN(N)[C@@H]1c1ccccc1. The van der Waals surface area contributed by atoms with Gasteiger partial charge in [0, 0.05) is 11.4 Å². The molecule has 1 aliphatic rings. The molecule has 0 spiro atoms. The monoisotopic (exact) mass is 368 g/mol. The Hall–Kier alpha value is -1.29. The lowest BCUT2D eigenvalue weighted by atomic mass is 9.80. The molecule has 0 radical (unpaired) electrons. The Balaban J connectivity index is 1.93. The predicted molar refractivity (Wildman–Crippen MR) is 113 cm³/mol. The normalized spacial score (nSPS) is 21.7. The summed E-state index contributed by atoms with van der Waals surface area (Å²) >= 11 is 1.86. The zero-order valence-corrected chi connectivity index (χ0v) is 17.4. The fourth-order valence-electron chi connectivity index (χ4n) is 4.12. The molecule has 1 aliphatic heterocycles. The largest absolute Gasteiger partial charge is 0.268 e. The summed E-state index contributed by atoms with van der Waals surface area (Å²) < 4.78 is 0. The molecule has 2 nitrogen and oxygen atoms in total. The number of hydrazine groups is 1. The molecule has 1 heterocycles. The highest BCUT2D eigenvalue weighted by Gasteiger charge is 2.31. The number of nitrogens with two attached hydrogens (primary N) is 1. The van der Waals surface area contributed by atoms with Crippen molar-refractivity contribution in [3.8, 4) is 0 Å². The Morgan fingerprint density at radius 3 is 2.50 bits per heavy atom. The van der Waals surface area contributed by atoms with Gasteiger partial charge in [-0.15, -0.1) is 11.8 Å². The van der Waals surface area contributed by atoms with Gasteiger partial charge in [0.2, 0.25) is 0 Å². The van der Waals surface area contributed by atoms with Gasteiger partial charge in [-0.25, -0.2) is 5.01 Å². The van der Waals surface area contributed by atoms with Gasteiger partial charge in [-0.2, -0.15) is 0 Å². The Morgan fingerprint density at radius 1 is 1.12 bits per heavy atom. The quantitative estimate of drug-likeness (QED) is 0.564. The Morgan fingerprint density at radius 2 is 1.85 bits per heavy atom. The molecule has 26 heavy (non-hydrogen) atoms. The van der Waals surface area contributed by atoms with E-state index in [1.165, 1.54) is 34.4 Å². The lowest BCUT2D eigenvalue weighted by Crippen LogP contribution is -2.44. The first-order chi connectivity index (χ1) is 12.4. The zero-order chi connectivity index (χ0) is 18.7. The van der Waals surface area contributed by atoms with Crippen molar-refractivity contribution in [1.29, 1.82) is 0 Å². The number of piperidine rings is 1. The van der Waals surface area contributed by atoms with Gasteiger partial charge >= 0.3 is 0 Å². The fourth-order valence-corrected chi connectivity index (χ4v) is 4.73. The van der Waals surface area contributed by atoms with Crippen LogP contribution in [0.2, 0.25) is 0 Å². The summed E-state index contributed by atoms with van der Waals surface area (Å²) in [5, 5.41) is 2.07. The first-order valence-corrected chi connectivity index (χ1v) is 10.9. The topological polar surface area (TPSA) is 29.3 Å². The number of hydrogen-bond acceptors (Lipinski definition) is 3. The molecule has 1 saturated heterocycles. The molecule has 0 aromatic heterocycles. The summed E-state index contributed by atoms with van der Waals surface area (Å²) in [5.41, 5.74) is 4.42. The number of benzene rings is 2. The summed E-state index contributed by atoms with van der Waals surface area (Å²) in [6.07, 6.45) is 5.69. The van der Waals surface area contributed by atoms with Gasteiger partial charge in [-0.1, -0.05) is 63.2 Å². The smallest absolute Gasteiger partial charge is 0.0521 e. The van der Waals surface area contributed by atoms with Gasteiger partial charge in [0.25, 0.3) is 0 Å². The van der Waals surface area contributed by atoms with E-state index in [1.807, 2.05) is 11.8 Å². The van der Waals surface area contributed by atoms with E-state index in [4.69, 9.17) is 5.84 Å². The minimum absolute atomic E-state index is 0.178. The molecule has 2 aromatic carbocycles. The van der Waals surface area contributed by atoms with Crippen LogP contribution in [0.3, 0.4) is 0 Å². The van der Waals surface area contributed by atoms with Crippen LogP contribution in [0.4, 0.5) is 0 Å². The lowest BCUT2D eigenvalue weighted by Gasteiger charge is -2.39. The van der Waals surface area contributed by atoms with Crippen molar-refractivity contribution < 1.29 is 0 Å². The number of hydrogen-bond donors (Lipinski definition) is 1. The maximum Gasteiger partial charge on any atom is 0.0521 e. The molecule has 0 unspecified atom stereocenters. The van der Waals surface area contributed by atoms with E-state index in [1.54, 1.807) is 0 Å². The van der Waals surface area contributed by atoms with E-state index in [-0.39, 0.29) is 5.41 Å². The standard InChI is InChI=1S/C23H32N2S/c1-23(2,3)20-12-13-21(26-4)19(16-20)15-18-11-8-14-25(24)22(18)17-9-6-5-7-10-17/h5-7,9-10,12-13,16,18,22H,8,11,14-15,24H2,1-4H3/t18-,22+/m0/s1. The molecular formula is C23H32N2S. The second-order valence-corrected chi connectivity index (χ2v) is 9.32. The van der Waals surface area contributed by atoms with Crippen LogP contribution in [0.25, 0.3) is 0 Å². The van der Waals surface area contributed by atoms with E-state index in [2.05, 4.69) is 80.6 Å². The average Bonchev–Trinajstić information content (AvgIpc) is 2.62. The minimum Gasteiger partial charge on any atom is -0.268 e. The Labute approximate surface area is 163 Å². The summed E-state index contributed by atoms with van der Waals surface area (Å²) in [7, 11) is 0. The van der Waals surface area contributed by atoms with E-state index >= 15 is 0 Å². The van der Waals surface area contributed by atoms with Gasteiger partial charge in [-0.05, 0) is 59.6 Å². The van der Waals surface area contributed by atoms with Crippen molar-refractivity contribution in [1.82, 2.24) is 5.01 Å². The Bertz CT molecular complexity index is 721. The van der Waals surface area contributed by atoms with Crippen LogP contribution >= 0.6 is 11.8 Å². The first-order valence-electron chi connectivity index (χ1n) is 9.64. The summed E-state index contributed by atoms with van der Waals surface area (Å²) in [6, 6.07) is 18.1. The van der Waals surface area contributed by atoms with Gasteiger partial charge in [0.15, 0.2) is 0 Å². The summed E-state index contributed by atoms with van der Waals surface area (Å²) in [4.78, 5) is 1.40. The molecule has 0 bridgehead atoms. The molecular weight excluding hydrogens is 336 g/mol. The number of nitrogens with zero attached hydrogens (tertiary/aromatic N) is 1. The van der Waals surface area contributed by atoms with Gasteiger partial charge < -0.3 is 0 Å². The molecule has 1 fully saturated rings. The maximum absolute atomic E-state index is 6.45. The molecule has 2 aromatic rings. The molecule has 0 saturated carbocycles. The molecule has 2 atom stereocenters. The molecule has 0 amide bonds. The minimum atomic E-state index is 0.178. The Kier molecular flexibility index (Phi) is 6.11. The first kappa shape index (κ1) is 19.5. The summed E-state index contributed by atoms with van der Waals surface area (Å²) in [5.74, 6) is 7.01. The maximum atomic E-state index is 6.45. The van der Waals surface area contributed by atoms with Crippen molar-refractivity contribution in [3.63, 3.8) is 0 Å². The molecule has 3 heteroatoms. The number of thioether (sulfide) groups is 1. The van der Waals surface area contributed by atoms with Crippen molar-refractivity contribution in [2.45, 2.75) is 56.4 Å². The molecule has 2 N–H and O–H groups in total. The summed E-state index contributed by atoms with van der Waals surface area (Å²) in [6.45, 7) is 7.85. The predicted octanol–water partition coefficient (Wildman–Crippen LogP) is 5.58. The molecule has 0 aliphatic carbocycles. The van der Waals surface area contributed by atoms with Crippen LogP contribution in [0.15, 0.2) is 53.4 Å². The van der Waals surface area contributed by atoms with Crippen LogP contribution in [0.5, 0.6) is 0 Å². The van der Waals surface area contributed by atoms with Crippen LogP contribution in [-0.4, -0.2) is 17.8 Å². The average molecular weight is 369 g/mol. The second-order valence-electron chi connectivity index (χ2n) is 8.48. The van der Waals surface area contributed by atoms with Crippen molar-refractivity contribution in [2.24, 2.45) is 11.8 Å². The molecule has 3 rings (SSSR count).